The zero-order chi connectivity index (χ0) is 27.1. The first-order valence-corrected chi connectivity index (χ1v) is 11.8. The molecule has 0 atom stereocenters. The number of halogens is 5. The molecule has 0 radical (unpaired) electrons. The van der Waals surface area contributed by atoms with Gasteiger partial charge >= 0.3 is 11.4 Å². The van der Waals surface area contributed by atoms with Crippen molar-refractivity contribution in [1.82, 2.24) is 19.1 Å². The quantitative estimate of drug-likeness (QED) is 0.346. The van der Waals surface area contributed by atoms with Gasteiger partial charge in [0.05, 0.1) is 35.4 Å². The number of hydrogen-bond acceptors (Lipinski definition) is 6. The Balaban J connectivity index is 1.64. The molecule has 196 valence electrons. The Morgan fingerprint density at radius 1 is 1.00 bits per heavy atom. The summed E-state index contributed by atoms with van der Waals surface area (Å²) >= 11 is 12.3. The van der Waals surface area contributed by atoms with Crippen molar-refractivity contribution in [2.24, 2.45) is 0 Å². The van der Waals surface area contributed by atoms with Gasteiger partial charge in [0.15, 0.2) is 17.5 Å². The molecule has 2 N–H and O–H groups in total. The number of benzene rings is 2. The lowest BCUT2D eigenvalue weighted by atomic mass is 10.1. The van der Waals surface area contributed by atoms with E-state index in [0.29, 0.717) is 35.5 Å². The van der Waals surface area contributed by atoms with Gasteiger partial charge in [-0.25, -0.2) is 27.3 Å². The highest BCUT2D eigenvalue weighted by molar-refractivity contribution is 6.33. The lowest BCUT2D eigenvalue weighted by molar-refractivity contribution is 0.357. The molecule has 38 heavy (non-hydrogen) atoms. The second-order valence-corrected chi connectivity index (χ2v) is 9.23. The van der Waals surface area contributed by atoms with Crippen molar-refractivity contribution in [3.05, 3.63) is 112 Å². The summed E-state index contributed by atoms with van der Waals surface area (Å²) in [6, 6.07) is 5.93. The number of hydrogen-bond donors (Lipinski definition) is 2. The SMILES string of the molecule is O=c1[nH]cc(Cl)cc1Cn1c(=O)nc(Nc2cc3c(cc2Cl)OCC3)n(Cc2cc(F)c(F)c(F)c2)c1=O. The smallest absolute Gasteiger partial charge is 0.355 e. The van der Waals surface area contributed by atoms with Crippen molar-refractivity contribution in [2.75, 3.05) is 11.9 Å². The Bertz CT molecular complexity index is 1750. The van der Waals surface area contributed by atoms with Crippen LogP contribution in [0.4, 0.5) is 24.8 Å². The van der Waals surface area contributed by atoms with Gasteiger partial charge in [-0.3, -0.25) is 9.36 Å². The van der Waals surface area contributed by atoms with Crippen LogP contribution in [0.2, 0.25) is 10.0 Å². The molecule has 0 saturated heterocycles. The van der Waals surface area contributed by atoms with E-state index in [4.69, 9.17) is 27.9 Å². The van der Waals surface area contributed by atoms with Gasteiger partial charge in [-0.15, -0.1) is 0 Å². The summed E-state index contributed by atoms with van der Waals surface area (Å²) in [6.07, 6.45) is 1.84. The molecule has 14 heteroatoms. The molecule has 1 aliphatic heterocycles. The number of aromatic nitrogens is 4. The largest absolute Gasteiger partial charge is 0.493 e. The van der Waals surface area contributed by atoms with E-state index >= 15 is 0 Å². The molecule has 9 nitrogen and oxygen atoms in total. The van der Waals surface area contributed by atoms with Gasteiger partial charge in [-0.2, -0.15) is 4.98 Å². The van der Waals surface area contributed by atoms with Crippen LogP contribution >= 0.6 is 23.2 Å². The first-order chi connectivity index (χ1) is 18.1. The molecule has 1 aliphatic rings. The minimum Gasteiger partial charge on any atom is -0.493 e. The predicted molar refractivity (Wildman–Crippen MR) is 133 cm³/mol. The molecule has 0 amide bonds. The standard InChI is InChI=1S/C24H16Cl2F3N5O4/c25-14-5-13(21(35)30-8-14)10-34-23(36)32-22(31-18-6-12-1-2-38-19(12)7-15(18)26)33(24(34)37)9-11-3-16(27)20(29)17(28)4-11/h3-8H,1-2,9-10H2,(H,30,35)(H,31,32,36). The maximum atomic E-state index is 13.9. The number of ether oxygens (including phenoxy) is 1. The van der Waals surface area contributed by atoms with Crippen LogP contribution in [0.3, 0.4) is 0 Å². The number of anilines is 2. The zero-order valence-electron chi connectivity index (χ0n) is 19.2. The highest BCUT2D eigenvalue weighted by atomic mass is 35.5. The summed E-state index contributed by atoms with van der Waals surface area (Å²) < 4.78 is 48.4. The third kappa shape index (κ3) is 4.92. The lowest BCUT2D eigenvalue weighted by Gasteiger charge is -2.17. The fourth-order valence-corrected chi connectivity index (χ4v) is 4.38. The van der Waals surface area contributed by atoms with Crippen LogP contribution in [-0.4, -0.2) is 25.7 Å². The van der Waals surface area contributed by atoms with E-state index in [1.165, 1.54) is 12.3 Å². The summed E-state index contributed by atoms with van der Waals surface area (Å²) in [6.45, 7) is -0.553. The Morgan fingerprint density at radius 3 is 2.47 bits per heavy atom. The average molecular weight is 566 g/mol. The molecular formula is C24H16Cl2F3N5O4. The van der Waals surface area contributed by atoms with Gasteiger partial charge in [0, 0.05) is 24.2 Å². The summed E-state index contributed by atoms with van der Waals surface area (Å²) in [5, 5.41) is 3.18. The Hall–Kier alpha value is -4.03. The van der Waals surface area contributed by atoms with Crippen molar-refractivity contribution in [3.63, 3.8) is 0 Å². The molecule has 2 aromatic heterocycles. The van der Waals surface area contributed by atoms with Crippen LogP contribution in [-0.2, 0) is 19.5 Å². The van der Waals surface area contributed by atoms with Gasteiger partial charge in [0.2, 0.25) is 5.95 Å². The number of nitrogens with one attached hydrogen (secondary N) is 2. The van der Waals surface area contributed by atoms with Crippen LogP contribution in [0.25, 0.3) is 0 Å². The van der Waals surface area contributed by atoms with E-state index in [1.807, 2.05) is 0 Å². The predicted octanol–water partition coefficient (Wildman–Crippen LogP) is 3.59. The third-order valence-electron chi connectivity index (χ3n) is 5.83. The number of fused-ring (bicyclic) bond motifs is 1. The van der Waals surface area contributed by atoms with Crippen molar-refractivity contribution in [1.29, 1.82) is 0 Å². The topological polar surface area (TPSA) is 111 Å². The van der Waals surface area contributed by atoms with Crippen molar-refractivity contribution >= 4 is 34.8 Å². The van der Waals surface area contributed by atoms with Crippen LogP contribution < -0.4 is 27.0 Å². The van der Waals surface area contributed by atoms with Crippen LogP contribution in [0.1, 0.15) is 16.7 Å². The normalized spacial score (nSPS) is 12.3. The Labute approximate surface area is 221 Å². The van der Waals surface area contributed by atoms with Crippen LogP contribution in [0.15, 0.2) is 50.9 Å². The highest BCUT2D eigenvalue weighted by Gasteiger charge is 2.20. The minimum absolute atomic E-state index is 0.00806. The molecule has 0 aliphatic carbocycles. The molecule has 0 unspecified atom stereocenters. The van der Waals surface area contributed by atoms with E-state index in [9.17, 15) is 27.6 Å². The van der Waals surface area contributed by atoms with E-state index in [0.717, 1.165) is 10.1 Å². The monoisotopic (exact) mass is 565 g/mol. The fraction of sp³-hybridized carbons (Fsp3) is 0.167. The fourth-order valence-electron chi connectivity index (χ4n) is 3.99. The molecule has 0 spiro atoms. The first-order valence-electron chi connectivity index (χ1n) is 11.0. The molecule has 0 saturated carbocycles. The summed E-state index contributed by atoms with van der Waals surface area (Å²) in [5.74, 6) is -4.31. The van der Waals surface area contributed by atoms with Crippen molar-refractivity contribution in [2.45, 2.75) is 19.5 Å². The molecule has 3 heterocycles. The Morgan fingerprint density at radius 2 is 1.74 bits per heavy atom. The molecule has 0 bridgehead atoms. The van der Waals surface area contributed by atoms with E-state index in [2.05, 4.69) is 15.3 Å². The van der Waals surface area contributed by atoms with Crippen molar-refractivity contribution < 1.29 is 17.9 Å². The van der Waals surface area contributed by atoms with Gasteiger partial charge in [-0.1, -0.05) is 23.2 Å². The summed E-state index contributed by atoms with van der Waals surface area (Å²) in [7, 11) is 0. The molecule has 5 rings (SSSR count). The maximum Gasteiger partial charge on any atom is 0.355 e. The van der Waals surface area contributed by atoms with Crippen LogP contribution in [0, 0.1) is 17.5 Å². The summed E-state index contributed by atoms with van der Waals surface area (Å²) in [4.78, 5) is 44.9. The third-order valence-corrected chi connectivity index (χ3v) is 6.36. The van der Waals surface area contributed by atoms with Crippen molar-refractivity contribution in [3.8, 4) is 5.75 Å². The van der Waals surface area contributed by atoms with Crippen LogP contribution in [0.5, 0.6) is 5.75 Å². The van der Waals surface area contributed by atoms with Gasteiger partial charge in [0.25, 0.3) is 5.56 Å². The minimum atomic E-state index is -1.67. The molecule has 4 aromatic rings. The van der Waals surface area contributed by atoms with E-state index < -0.39 is 47.5 Å². The number of rotatable bonds is 6. The molecular weight excluding hydrogens is 550 g/mol. The van der Waals surface area contributed by atoms with Gasteiger partial charge in [-0.05, 0) is 35.4 Å². The lowest BCUT2D eigenvalue weighted by Crippen LogP contribution is -2.43. The highest BCUT2D eigenvalue weighted by Crippen LogP contribution is 2.35. The molecule has 0 fully saturated rings. The second kappa shape index (κ2) is 10.0. The first kappa shape index (κ1) is 25.6. The van der Waals surface area contributed by atoms with E-state index in [-0.39, 0.29) is 32.8 Å². The molecule has 2 aromatic carbocycles. The maximum absolute atomic E-state index is 13.9. The van der Waals surface area contributed by atoms with Gasteiger partial charge in [0.1, 0.15) is 5.75 Å². The average Bonchev–Trinajstić information content (AvgIpc) is 3.31. The van der Waals surface area contributed by atoms with Gasteiger partial charge < -0.3 is 15.0 Å². The number of nitrogens with zero attached hydrogens (tertiary/aromatic N) is 3. The number of H-pyrrole nitrogens is 1. The summed E-state index contributed by atoms with van der Waals surface area (Å²) in [5.41, 5.74) is -1.62. The zero-order valence-corrected chi connectivity index (χ0v) is 20.7. The van der Waals surface area contributed by atoms with E-state index in [1.54, 1.807) is 12.1 Å². The Kier molecular flexibility index (Phi) is 6.76. The second-order valence-electron chi connectivity index (χ2n) is 8.38. The number of aromatic amines is 1. The number of pyridine rings is 1.